The third kappa shape index (κ3) is 2.33. The van der Waals surface area contributed by atoms with Gasteiger partial charge in [0.15, 0.2) is 0 Å². The maximum Gasteiger partial charge on any atom is 0.251 e. The summed E-state index contributed by atoms with van der Waals surface area (Å²) in [4.78, 5) is 23.4. The largest absolute Gasteiger partial charge is 0.376 e. The molecule has 5 nitrogen and oxygen atoms in total. The van der Waals surface area contributed by atoms with E-state index in [1.165, 1.54) is 0 Å². The highest BCUT2D eigenvalue weighted by molar-refractivity contribution is 6.02. The minimum Gasteiger partial charge on any atom is -0.376 e. The number of carbonyl (C=O) groups excluding carboxylic acids is 2. The molecule has 2 aliphatic rings. The van der Waals surface area contributed by atoms with Crippen LogP contribution in [-0.2, 0) is 16.0 Å². The number of amides is 2. The number of rotatable bonds is 2. The normalized spacial score (nSPS) is 25.0. The zero-order valence-corrected chi connectivity index (χ0v) is 10.7. The monoisotopic (exact) mass is 260 g/mol. The van der Waals surface area contributed by atoms with Crippen LogP contribution in [0.2, 0.25) is 0 Å². The van der Waals surface area contributed by atoms with Gasteiger partial charge in [-0.3, -0.25) is 9.59 Å². The summed E-state index contributed by atoms with van der Waals surface area (Å²) in [5.74, 6) is -0.142. The first-order chi connectivity index (χ1) is 9.13. The van der Waals surface area contributed by atoms with Crippen molar-refractivity contribution in [3.8, 4) is 0 Å². The van der Waals surface area contributed by atoms with E-state index in [0.717, 1.165) is 17.7 Å². The van der Waals surface area contributed by atoms with E-state index in [1.54, 1.807) is 12.1 Å². The van der Waals surface area contributed by atoms with Crippen molar-refractivity contribution in [2.75, 3.05) is 11.9 Å². The summed E-state index contributed by atoms with van der Waals surface area (Å²) < 4.78 is 5.42. The van der Waals surface area contributed by atoms with Gasteiger partial charge in [-0.1, -0.05) is 6.07 Å². The second-order valence-corrected chi connectivity index (χ2v) is 5.04. The molecule has 2 aliphatic heterocycles. The molecule has 0 bridgehead atoms. The van der Waals surface area contributed by atoms with Crippen molar-refractivity contribution in [2.24, 2.45) is 0 Å². The Labute approximate surface area is 111 Å². The number of benzene rings is 1. The standard InChI is InChI=1S/C14H16N2O3/c1-8-11(4-5-19-8)16-14(18)10-3-2-9-7-13(17)15-12(9)6-10/h2-3,6,8,11H,4-5,7H2,1H3,(H,15,17)(H,16,18). The van der Waals surface area contributed by atoms with Crippen LogP contribution in [0.1, 0.15) is 29.3 Å². The van der Waals surface area contributed by atoms with Gasteiger partial charge in [-0.05, 0) is 31.0 Å². The molecule has 0 radical (unpaired) electrons. The van der Waals surface area contributed by atoms with Crippen LogP contribution in [0.5, 0.6) is 0 Å². The van der Waals surface area contributed by atoms with Crippen molar-refractivity contribution in [3.05, 3.63) is 29.3 Å². The van der Waals surface area contributed by atoms with Crippen LogP contribution in [0.3, 0.4) is 0 Å². The van der Waals surface area contributed by atoms with Crippen LogP contribution in [0.15, 0.2) is 18.2 Å². The summed E-state index contributed by atoms with van der Waals surface area (Å²) in [5, 5.41) is 5.72. The lowest BCUT2D eigenvalue weighted by atomic mass is 10.1. The Morgan fingerprint density at radius 2 is 2.32 bits per heavy atom. The van der Waals surface area contributed by atoms with Crippen molar-refractivity contribution in [2.45, 2.75) is 31.9 Å². The highest BCUT2D eigenvalue weighted by Crippen LogP contribution is 2.24. The van der Waals surface area contributed by atoms with Gasteiger partial charge in [-0.25, -0.2) is 0 Å². The number of carbonyl (C=O) groups is 2. The molecule has 100 valence electrons. The predicted octanol–water partition coefficient (Wildman–Crippen LogP) is 1.09. The van der Waals surface area contributed by atoms with Crippen LogP contribution in [0.4, 0.5) is 5.69 Å². The van der Waals surface area contributed by atoms with Crippen molar-refractivity contribution >= 4 is 17.5 Å². The van der Waals surface area contributed by atoms with Crippen molar-refractivity contribution in [1.29, 1.82) is 0 Å². The molecular weight excluding hydrogens is 244 g/mol. The van der Waals surface area contributed by atoms with Crippen molar-refractivity contribution in [1.82, 2.24) is 5.32 Å². The molecule has 1 aromatic carbocycles. The second-order valence-electron chi connectivity index (χ2n) is 5.04. The van der Waals surface area contributed by atoms with E-state index >= 15 is 0 Å². The molecule has 19 heavy (non-hydrogen) atoms. The lowest BCUT2D eigenvalue weighted by Gasteiger charge is -2.16. The lowest BCUT2D eigenvalue weighted by Crippen LogP contribution is -2.39. The zero-order chi connectivity index (χ0) is 13.4. The summed E-state index contributed by atoms with van der Waals surface area (Å²) in [6.07, 6.45) is 1.29. The lowest BCUT2D eigenvalue weighted by molar-refractivity contribution is -0.115. The molecule has 0 aromatic heterocycles. The number of fused-ring (bicyclic) bond motifs is 1. The summed E-state index contributed by atoms with van der Waals surface area (Å²) in [5.41, 5.74) is 2.26. The molecule has 2 amide bonds. The first-order valence-corrected chi connectivity index (χ1v) is 6.49. The molecule has 2 unspecified atom stereocenters. The topological polar surface area (TPSA) is 67.4 Å². The summed E-state index contributed by atoms with van der Waals surface area (Å²) >= 11 is 0. The van der Waals surface area contributed by atoms with Gasteiger partial charge in [0.1, 0.15) is 0 Å². The first kappa shape index (κ1) is 12.2. The Morgan fingerprint density at radius 1 is 1.47 bits per heavy atom. The molecule has 2 heterocycles. The van der Waals surface area contributed by atoms with E-state index in [0.29, 0.717) is 18.6 Å². The fraction of sp³-hybridized carbons (Fsp3) is 0.429. The van der Waals surface area contributed by atoms with Gasteiger partial charge >= 0.3 is 0 Å². The Kier molecular flexibility index (Phi) is 2.98. The average Bonchev–Trinajstić information content (AvgIpc) is 2.93. The number of hydrogen-bond acceptors (Lipinski definition) is 3. The van der Waals surface area contributed by atoms with Crippen LogP contribution >= 0.6 is 0 Å². The van der Waals surface area contributed by atoms with Gasteiger partial charge in [0.05, 0.1) is 18.6 Å². The minimum atomic E-state index is -0.119. The summed E-state index contributed by atoms with van der Waals surface area (Å²) in [7, 11) is 0. The van der Waals surface area contributed by atoms with Gasteiger partial charge in [0.2, 0.25) is 5.91 Å². The van der Waals surface area contributed by atoms with E-state index in [2.05, 4.69) is 10.6 Å². The molecule has 0 spiro atoms. The Hall–Kier alpha value is -1.88. The van der Waals surface area contributed by atoms with Gasteiger partial charge in [0.25, 0.3) is 5.91 Å². The second kappa shape index (κ2) is 4.66. The number of hydrogen-bond donors (Lipinski definition) is 2. The SMILES string of the molecule is CC1OCCC1NC(=O)c1ccc2c(c1)NC(=O)C2. The summed E-state index contributed by atoms with van der Waals surface area (Å²) in [6.45, 7) is 2.65. The van der Waals surface area contributed by atoms with Gasteiger partial charge in [-0.15, -0.1) is 0 Å². The molecule has 3 rings (SSSR count). The Balaban J connectivity index is 1.74. The fourth-order valence-corrected chi connectivity index (χ4v) is 2.53. The molecule has 0 aliphatic carbocycles. The van der Waals surface area contributed by atoms with E-state index < -0.39 is 0 Å². The van der Waals surface area contributed by atoms with Gasteiger partial charge in [-0.2, -0.15) is 0 Å². The maximum absolute atomic E-state index is 12.1. The quantitative estimate of drug-likeness (QED) is 0.836. The van der Waals surface area contributed by atoms with Crippen LogP contribution < -0.4 is 10.6 Å². The molecule has 1 fully saturated rings. The van der Waals surface area contributed by atoms with E-state index in [1.807, 2.05) is 13.0 Å². The highest BCUT2D eigenvalue weighted by atomic mass is 16.5. The van der Waals surface area contributed by atoms with Crippen molar-refractivity contribution < 1.29 is 14.3 Å². The van der Waals surface area contributed by atoms with Crippen LogP contribution in [0, 0.1) is 0 Å². The van der Waals surface area contributed by atoms with E-state index in [9.17, 15) is 9.59 Å². The van der Waals surface area contributed by atoms with Gasteiger partial charge in [0, 0.05) is 17.9 Å². The Bertz CT molecular complexity index is 541. The summed E-state index contributed by atoms with van der Waals surface area (Å²) in [6, 6.07) is 5.39. The predicted molar refractivity (Wildman–Crippen MR) is 70.1 cm³/mol. The average molecular weight is 260 g/mol. The fourth-order valence-electron chi connectivity index (χ4n) is 2.53. The number of anilines is 1. The smallest absolute Gasteiger partial charge is 0.251 e. The van der Waals surface area contributed by atoms with Crippen LogP contribution in [0.25, 0.3) is 0 Å². The third-order valence-electron chi connectivity index (χ3n) is 3.69. The van der Waals surface area contributed by atoms with Crippen molar-refractivity contribution in [3.63, 3.8) is 0 Å². The molecule has 5 heteroatoms. The molecule has 1 aromatic rings. The van der Waals surface area contributed by atoms with E-state index in [-0.39, 0.29) is 24.0 Å². The van der Waals surface area contributed by atoms with Crippen LogP contribution in [-0.4, -0.2) is 30.6 Å². The molecule has 1 saturated heterocycles. The van der Waals surface area contributed by atoms with E-state index in [4.69, 9.17) is 4.74 Å². The third-order valence-corrected chi connectivity index (χ3v) is 3.69. The molecule has 0 saturated carbocycles. The number of nitrogens with one attached hydrogen (secondary N) is 2. The Morgan fingerprint density at radius 3 is 3.05 bits per heavy atom. The molecule has 2 N–H and O–H groups in total. The van der Waals surface area contributed by atoms with Gasteiger partial charge < -0.3 is 15.4 Å². The maximum atomic E-state index is 12.1. The molecule has 2 atom stereocenters. The highest BCUT2D eigenvalue weighted by Gasteiger charge is 2.26. The zero-order valence-electron chi connectivity index (χ0n) is 10.7. The minimum absolute atomic E-state index is 0.0228. The first-order valence-electron chi connectivity index (χ1n) is 6.49. The number of ether oxygens (including phenoxy) is 1. The molecular formula is C14H16N2O3.